The molecule has 0 fully saturated rings. The van der Waals surface area contributed by atoms with Gasteiger partial charge in [0.05, 0.1) is 0 Å². The van der Waals surface area contributed by atoms with E-state index in [1.165, 1.54) is 13.2 Å². The summed E-state index contributed by atoms with van der Waals surface area (Å²) in [6.45, 7) is 3.49. The van der Waals surface area contributed by atoms with Crippen molar-refractivity contribution in [1.29, 1.82) is 0 Å². The van der Waals surface area contributed by atoms with Gasteiger partial charge in [-0.15, -0.1) is 0 Å². The maximum atomic E-state index is 10.9. The van der Waals surface area contributed by atoms with Gasteiger partial charge in [0.25, 0.3) is 0 Å². The predicted octanol–water partition coefficient (Wildman–Crippen LogP) is 0.775. The molecule has 0 rings (SSSR count). The Morgan fingerprint density at radius 3 is 2.67 bits per heavy atom. The third-order valence-electron chi connectivity index (χ3n) is 1.33. The lowest BCUT2D eigenvalue weighted by Crippen LogP contribution is -2.15. The van der Waals surface area contributed by atoms with Crippen LogP contribution in [-0.2, 0) is 14.3 Å². The number of hydrogen-bond acceptors (Lipinski definition) is 4. The fraction of sp³-hybridized carbons (Fsp3) is 0.625. The van der Waals surface area contributed by atoms with Crippen molar-refractivity contribution < 1.29 is 14.3 Å². The summed E-state index contributed by atoms with van der Waals surface area (Å²) in [4.78, 5) is 10.9. The molecule has 0 bridgehead atoms. The monoisotopic (exact) mass is 173 g/mol. The molecule has 0 heterocycles. The molecule has 4 nitrogen and oxygen atoms in total. The van der Waals surface area contributed by atoms with Crippen molar-refractivity contribution in [3.8, 4) is 0 Å². The second-order valence-corrected chi connectivity index (χ2v) is 2.31. The predicted molar refractivity (Wildman–Crippen MR) is 45.1 cm³/mol. The molecule has 0 saturated heterocycles. The molecule has 4 heteroatoms. The van der Waals surface area contributed by atoms with Crippen molar-refractivity contribution in [2.45, 2.75) is 26.6 Å². The number of esters is 1. The molecule has 0 spiro atoms. The molecule has 2 N–H and O–H groups in total. The minimum absolute atomic E-state index is 0.469. The lowest BCUT2D eigenvalue weighted by atomic mass is 10.3. The minimum Gasteiger partial charge on any atom is -0.433 e. The highest BCUT2D eigenvalue weighted by molar-refractivity contribution is 5.82. The summed E-state index contributed by atoms with van der Waals surface area (Å²) >= 11 is 0. The number of allylic oxidation sites excluding steroid dienone is 1. The highest BCUT2D eigenvalue weighted by atomic mass is 16.7. The van der Waals surface area contributed by atoms with E-state index < -0.39 is 12.3 Å². The molecule has 0 aliphatic carbocycles. The molecule has 0 aliphatic heterocycles. The Hall–Kier alpha value is -1.03. The molecule has 70 valence electrons. The number of carbonyl (C=O) groups excluding carboxylic acids is 1. The first-order valence-electron chi connectivity index (χ1n) is 3.79. The van der Waals surface area contributed by atoms with Gasteiger partial charge in [0.1, 0.15) is 0 Å². The molecule has 0 amide bonds. The van der Waals surface area contributed by atoms with E-state index in [1.54, 1.807) is 6.92 Å². The van der Waals surface area contributed by atoms with Gasteiger partial charge in [-0.25, -0.2) is 4.79 Å². The Balaban J connectivity index is 3.89. The van der Waals surface area contributed by atoms with Gasteiger partial charge in [0.2, 0.25) is 0 Å². The van der Waals surface area contributed by atoms with E-state index in [-0.39, 0.29) is 0 Å². The van der Waals surface area contributed by atoms with Gasteiger partial charge in [-0.2, -0.15) is 0 Å². The van der Waals surface area contributed by atoms with Crippen LogP contribution in [0.5, 0.6) is 0 Å². The van der Waals surface area contributed by atoms with E-state index in [0.29, 0.717) is 12.1 Å². The van der Waals surface area contributed by atoms with E-state index in [9.17, 15) is 4.79 Å². The smallest absolute Gasteiger partial charge is 0.334 e. The molecule has 1 atom stereocenters. The van der Waals surface area contributed by atoms with Gasteiger partial charge in [-0.05, 0) is 13.3 Å². The zero-order valence-electron chi connectivity index (χ0n) is 7.66. The summed E-state index contributed by atoms with van der Waals surface area (Å²) in [6.07, 6.45) is 1.37. The summed E-state index contributed by atoms with van der Waals surface area (Å²) in [5.74, 6) is -0.469. The maximum absolute atomic E-state index is 10.9. The molecule has 12 heavy (non-hydrogen) atoms. The summed E-state index contributed by atoms with van der Waals surface area (Å²) in [5, 5.41) is 0. The Bertz CT molecular complexity index is 177. The molecular weight excluding hydrogens is 158 g/mol. The first kappa shape index (κ1) is 11.0. The van der Waals surface area contributed by atoms with Crippen molar-refractivity contribution in [3.05, 3.63) is 11.8 Å². The second kappa shape index (κ2) is 5.60. The normalized spacial score (nSPS) is 14.1. The summed E-state index contributed by atoms with van der Waals surface area (Å²) in [7, 11) is 1.46. The quantitative estimate of drug-likeness (QED) is 0.387. The van der Waals surface area contributed by atoms with Crippen LogP contribution in [0.1, 0.15) is 20.3 Å². The number of methoxy groups -OCH3 is 1. The van der Waals surface area contributed by atoms with Crippen LogP contribution >= 0.6 is 0 Å². The second-order valence-electron chi connectivity index (χ2n) is 2.31. The van der Waals surface area contributed by atoms with Crippen molar-refractivity contribution >= 4 is 5.97 Å². The lowest BCUT2D eigenvalue weighted by molar-refractivity contribution is -0.163. The van der Waals surface area contributed by atoms with Crippen molar-refractivity contribution in [2.75, 3.05) is 7.11 Å². The number of rotatable bonds is 4. The van der Waals surface area contributed by atoms with Crippen LogP contribution in [0.15, 0.2) is 11.8 Å². The van der Waals surface area contributed by atoms with Crippen LogP contribution in [0, 0.1) is 0 Å². The highest BCUT2D eigenvalue weighted by Crippen LogP contribution is 1.96. The van der Waals surface area contributed by atoms with Crippen molar-refractivity contribution in [1.82, 2.24) is 0 Å². The van der Waals surface area contributed by atoms with Crippen LogP contribution in [0.4, 0.5) is 0 Å². The molecular formula is C8H15NO3. The van der Waals surface area contributed by atoms with E-state index in [2.05, 4.69) is 0 Å². The lowest BCUT2D eigenvalue weighted by Gasteiger charge is -2.08. The van der Waals surface area contributed by atoms with Gasteiger partial charge in [0, 0.05) is 18.9 Å². The van der Waals surface area contributed by atoms with E-state index in [4.69, 9.17) is 15.2 Å². The van der Waals surface area contributed by atoms with Crippen molar-refractivity contribution in [2.24, 2.45) is 5.73 Å². The standard InChI is InChI=1S/C8H15NO3/c1-4-7(9)5-8(10)12-6(2)11-3/h5-6H,4,9H2,1-3H3. The van der Waals surface area contributed by atoms with Crippen LogP contribution in [-0.4, -0.2) is 19.4 Å². The van der Waals surface area contributed by atoms with Crippen LogP contribution < -0.4 is 5.73 Å². The molecule has 0 aliphatic rings. The maximum Gasteiger partial charge on any atom is 0.334 e. The first-order chi connectivity index (χ1) is 5.60. The van der Waals surface area contributed by atoms with Gasteiger partial charge < -0.3 is 15.2 Å². The Morgan fingerprint density at radius 2 is 2.25 bits per heavy atom. The summed E-state index contributed by atoms with van der Waals surface area (Å²) in [6, 6.07) is 0. The number of carbonyl (C=O) groups is 1. The summed E-state index contributed by atoms with van der Waals surface area (Å²) in [5.41, 5.74) is 5.91. The number of nitrogens with two attached hydrogens (primary N) is 1. The fourth-order valence-corrected chi connectivity index (χ4v) is 0.499. The van der Waals surface area contributed by atoms with E-state index >= 15 is 0 Å². The topological polar surface area (TPSA) is 61.6 Å². The van der Waals surface area contributed by atoms with Gasteiger partial charge in [-0.1, -0.05) is 6.92 Å². The van der Waals surface area contributed by atoms with Crippen molar-refractivity contribution in [3.63, 3.8) is 0 Å². The van der Waals surface area contributed by atoms with Gasteiger partial charge >= 0.3 is 5.97 Å². The zero-order valence-corrected chi connectivity index (χ0v) is 7.66. The SMILES string of the molecule is CCC(N)=CC(=O)OC(C)OC. The Morgan fingerprint density at radius 1 is 1.67 bits per heavy atom. The highest BCUT2D eigenvalue weighted by Gasteiger charge is 2.04. The number of ether oxygens (including phenoxy) is 2. The first-order valence-corrected chi connectivity index (χ1v) is 3.79. The van der Waals surface area contributed by atoms with Crippen LogP contribution in [0.3, 0.4) is 0 Å². The summed E-state index contributed by atoms with van der Waals surface area (Å²) < 4.78 is 9.48. The van der Waals surface area contributed by atoms with Gasteiger partial charge in [0.15, 0.2) is 6.29 Å². The molecule has 1 unspecified atom stereocenters. The average molecular weight is 173 g/mol. The van der Waals surface area contributed by atoms with E-state index in [0.717, 1.165) is 0 Å². The molecule has 0 aromatic rings. The zero-order chi connectivity index (χ0) is 9.56. The van der Waals surface area contributed by atoms with Gasteiger partial charge in [-0.3, -0.25) is 0 Å². The number of hydrogen-bond donors (Lipinski definition) is 1. The molecule has 0 aromatic heterocycles. The van der Waals surface area contributed by atoms with E-state index in [1.807, 2.05) is 6.92 Å². The Labute approximate surface area is 72.3 Å². The van der Waals surface area contributed by atoms with Crippen LogP contribution in [0.25, 0.3) is 0 Å². The molecule has 0 aromatic carbocycles. The third kappa shape index (κ3) is 4.73. The fourth-order valence-electron chi connectivity index (χ4n) is 0.499. The Kier molecular flexibility index (Phi) is 5.12. The largest absolute Gasteiger partial charge is 0.433 e. The molecule has 0 radical (unpaired) electrons. The minimum atomic E-state index is -0.529. The average Bonchev–Trinajstić information content (AvgIpc) is 2.03. The third-order valence-corrected chi connectivity index (χ3v) is 1.33. The molecule has 0 saturated carbocycles. The van der Waals surface area contributed by atoms with Crippen LogP contribution in [0.2, 0.25) is 0 Å².